The number of carboxylic acids is 1. The number of carboxylic acid groups (broad SMARTS) is 1. The average Bonchev–Trinajstić information content (AvgIpc) is 2.61. The molecule has 1 aromatic heterocycles. The molecule has 0 amide bonds. The molecular formula is C12H9NO2. The van der Waals surface area contributed by atoms with Crippen LogP contribution in [0, 0.1) is 0 Å². The fourth-order valence-corrected chi connectivity index (χ4v) is 2.14. The molecule has 0 radical (unpaired) electrons. The number of carbonyl (C=O) groups is 1. The third-order valence-electron chi connectivity index (χ3n) is 2.76. The molecule has 0 unspecified atom stereocenters. The van der Waals surface area contributed by atoms with Crippen molar-refractivity contribution in [3.8, 4) is 0 Å². The molecule has 0 saturated heterocycles. The van der Waals surface area contributed by atoms with Gasteiger partial charge in [-0.1, -0.05) is 30.4 Å². The molecule has 0 bridgehead atoms. The Morgan fingerprint density at radius 2 is 2.27 bits per heavy atom. The van der Waals surface area contributed by atoms with Crippen LogP contribution in [0.2, 0.25) is 0 Å². The Labute approximate surface area is 86.3 Å². The van der Waals surface area contributed by atoms with Crippen LogP contribution in [-0.4, -0.2) is 15.6 Å². The van der Waals surface area contributed by atoms with E-state index >= 15 is 0 Å². The minimum Gasteiger partial charge on any atom is -0.477 e. The molecule has 0 fully saturated rings. The summed E-state index contributed by atoms with van der Waals surface area (Å²) in [7, 11) is 0. The normalized spacial score (nSPS) is 13.3. The third kappa shape index (κ3) is 1.03. The van der Waals surface area contributed by atoms with E-state index in [9.17, 15) is 4.79 Å². The maximum Gasteiger partial charge on any atom is 0.352 e. The van der Waals surface area contributed by atoms with Crippen LogP contribution in [0.5, 0.6) is 0 Å². The Bertz CT molecular complexity index is 593. The summed E-state index contributed by atoms with van der Waals surface area (Å²) in [6.07, 6.45) is 4.02. The number of para-hydroxylation sites is 1. The van der Waals surface area contributed by atoms with E-state index in [1.54, 1.807) is 6.07 Å². The Kier molecular flexibility index (Phi) is 1.51. The van der Waals surface area contributed by atoms with Crippen molar-refractivity contribution in [2.24, 2.45) is 0 Å². The molecular weight excluding hydrogens is 190 g/mol. The van der Waals surface area contributed by atoms with Crippen LogP contribution in [0.25, 0.3) is 17.0 Å². The Morgan fingerprint density at radius 1 is 1.40 bits per heavy atom. The Hall–Kier alpha value is -2.03. The van der Waals surface area contributed by atoms with E-state index in [0.29, 0.717) is 12.2 Å². The second kappa shape index (κ2) is 2.73. The van der Waals surface area contributed by atoms with Gasteiger partial charge in [-0.15, -0.1) is 0 Å². The Morgan fingerprint density at radius 3 is 3.07 bits per heavy atom. The highest BCUT2D eigenvalue weighted by Gasteiger charge is 2.16. The van der Waals surface area contributed by atoms with Crippen LogP contribution >= 0.6 is 0 Å². The van der Waals surface area contributed by atoms with Crippen molar-refractivity contribution in [2.45, 2.75) is 6.54 Å². The van der Waals surface area contributed by atoms with E-state index in [1.807, 2.05) is 34.9 Å². The van der Waals surface area contributed by atoms with Gasteiger partial charge in [-0.3, -0.25) is 0 Å². The molecule has 1 aromatic carbocycles. The number of aromatic nitrogens is 1. The molecule has 2 heterocycles. The fraction of sp³-hybridized carbons (Fsp3) is 0.0833. The first-order valence-corrected chi connectivity index (χ1v) is 4.79. The minimum atomic E-state index is -0.868. The second-order valence-electron chi connectivity index (χ2n) is 3.63. The van der Waals surface area contributed by atoms with E-state index in [1.165, 1.54) is 0 Å². The van der Waals surface area contributed by atoms with Crippen LogP contribution in [-0.2, 0) is 6.54 Å². The van der Waals surface area contributed by atoms with Crippen LogP contribution in [0.3, 0.4) is 0 Å². The highest BCUT2D eigenvalue weighted by Crippen LogP contribution is 2.27. The number of hydrogen-bond acceptors (Lipinski definition) is 1. The van der Waals surface area contributed by atoms with Crippen molar-refractivity contribution in [2.75, 3.05) is 0 Å². The van der Waals surface area contributed by atoms with Crippen molar-refractivity contribution in [3.63, 3.8) is 0 Å². The Balaban J connectivity index is 2.47. The lowest BCUT2D eigenvalue weighted by molar-refractivity contribution is 0.0686. The molecule has 3 heteroatoms. The van der Waals surface area contributed by atoms with Gasteiger partial charge in [-0.25, -0.2) is 4.79 Å². The summed E-state index contributed by atoms with van der Waals surface area (Å²) in [6.45, 7) is 0.641. The van der Waals surface area contributed by atoms with E-state index < -0.39 is 5.97 Å². The van der Waals surface area contributed by atoms with Crippen molar-refractivity contribution in [1.82, 2.24) is 4.57 Å². The molecule has 0 spiro atoms. The van der Waals surface area contributed by atoms with Crippen molar-refractivity contribution in [1.29, 1.82) is 0 Å². The van der Waals surface area contributed by atoms with Gasteiger partial charge in [-0.05, 0) is 11.6 Å². The third-order valence-corrected chi connectivity index (χ3v) is 2.76. The maximum absolute atomic E-state index is 11.0. The topological polar surface area (TPSA) is 42.2 Å². The van der Waals surface area contributed by atoms with Gasteiger partial charge in [0.05, 0.1) is 5.52 Å². The van der Waals surface area contributed by atoms with E-state index in [-0.39, 0.29) is 0 Å². The van der Waals surface area contributed by atoms with Gasteiger partial charge in [0.15, 0.2) is 0 Å². The van der Waals surface area contributed by atoms with Crippen molar-refractivity contribution >= 4 is 22.9 Å². The van der Waals surface area contributed by atoms with Gasteiger partial charge < -0.3 is 9.67 Å². The molecule has 3 nitrogen and oxygen atoms in total. The number of nitrogens with zero attached hydrogens (tertiary/aromatic N) is 1. The lowest BCUT2D eigenvalue weighted by Crippen LogP contribution is -2.09. The van der Waals surface area contributed by atoms with Gasteiger partial charge in [0.2, 0.25) is 0 Å². The zero-order valence-corrected chi connectivity index (χ0v) is 7.97. The monoisotopic (exact) mass is 199 g/mol. The van der Waals surface area contributed by atoms with Gasteiger partial charge in [0.25, 0.3) is 0 Å². The number of aromatic carboxylic acids is 1. The van der Waals surface area contributed by atoms with Crippen molar-refractivity contribution in [3.05, 3.63) is 41.6 Å². The van der Waals surface area contributed by atoms with Gasteiger partial charge in [0, 0.05) is 11.9 Å². The van der Waals surface area contributed by atoms with Gasteiger partial charge in [0.1, 0.15) is 5.69 Å². The van der Waals surface area contributed by atoms with Crippen LogP contribution in [0.1, 0.15) is 16.1 Å². The van der Waals surface area contributed by atoms with Crippen LogP contribution < -0.4 is 0 Å². The summed E-state index contributed by atoms with van der Waals surface area (Å²) in [5.41, 5.74) is 2.48. The standard InChI is InChI=1S/C12H9NO2/c14-12(15)10-7-9-4-1-3-8-5-2-6-13(10)11(8)9/h1-5,7H,6H2,(H,14,15). The van der Waals surface area contributed by atoms with E-state index in [4.69, 9.17) is 5.11 Å². The number of rotatable bonds is 1. The number of hydrogen-bond donors (Lipinski definition) is 1. The quantitative estimate of drug-likeness (QED) is 0.766. The molecule has 0 aliphatic carbocycles. The summed E-state index contributed by atoms with van der Waals surface area (Å²) in [4.78, 5) is 11.0. The average molecular weight is 199 g/mol. The number of allylic oxidation sites excluding steroid dienone is 1. The first kappa shape index (κ1) is 8.29. The molecule has 3 rings (SSSR count). The first-order chi connectivity index (χ1) is 7.27. The first-order valence-electron chi connectivity index (χ1n) is 4.79. The molecule has 1 aliphatic heterocycles. The second-order valence-corrected chi connectivity index (χ2v) is 3.63. The van der Waals surface area contributed by atoms with Crippen molar-refractivity contribution < 1.29 is 9.90 Å². The largest absolute Gasteiger partial charge is 0.477 e. The molecule has 74 valence electrons. The lowest BCUT2D eigenvalue weighted by atomic mass is 10.1. The summed E-state index contributed by atoms with van der Waals surface area (Å²) in [5.74, 6) is -0.868. The highest BCUT2D eigenvalue weighted by molar-refractivity contribution is 5.98. The zero-order chi connectivity index (χ0) is 10.4. The molecule has 0 saturated carbocycles. The van der Waals surface area contributed by atoms with Crippen LogP contribution in [0.15, 0.2) is 30.3 Å². The summed E-state index contributed by atoms with van der Waals surface area (Å²) in [6, 6.07) is 7.62. The fourth-order valence-electron chi connectivity index (χ4n) is 2.14. The molecule has 15 heavy (non-hydrogen) atoms. The minimum absolute atomic E-state index is 0.363. The molecule has 1 aliphatic rings. The summed E-state index contributed by atoms with van der Waals surface area (Å²) in [5, 5.41) is 10.1. The van der Waals surface area contributed by atoms with Crippen LogP contribution in [0.4, 0.5) is 0 Å². The summed E-state index contributed by atoms with van der Waals surface area (Å²) < 4.78 is 1.84. The molecule has 0 atom stereocenters. The molecule has 2 aromatic rings. The van der Waals surface area contributed by atoms with E-state index in [2.05, 4.69) is 0 Å². The molecule has 1 N–H and O–H groups in total. The lowest BCUT2D eigenvalue weighted by Gasteiger charge is -2.11. The smallest absolute Gasteiger partial charge is 0.352 e. The van der Waals surface area contributed by atoms with Gasteiger partial charge in [-0.2, -0.15) is 0 Å². The summed E-state index contributed by atoms with van der Waals surface area (Å²) >= 11 is 0. The highest BCUT2D eigenvalue weighted by atomic mass is 16.4. The van der Waals surface area contributed by atoms with E-state index in [0.717, 1.165) is 16.5 Å². The predicted molar refractivity (Wildman–Crippen MR) is 57.9 cm³/mol. The predicted octanol–water partition coefficient (Wildman–Crippen LogP) is 2.37. The number of benzene rings is 1. The SMILES string of the molecule is O=C(O)c1cc2cccc3c2n1CC=C3. The zero-order valence-electron chi connectivity index (χ0n) is 7.97. The maximum atomic E-state index is 11.0. The van der Waals surface area contributed by atoms with Gasteiger partial charge >= 0.3 is 5.97 Å².